The molecule has 20 heavy (non-hydrogen) atoms. The summed E-state index contributed by atoms with van der Waals surface area (Å²) in [5.41, 5.74) is 2.64. The van der Waals surface area contributed by atoms with Crippen molar-refractivity contribution in [1.29, 1.82) is 0 Å². The highest BCUT2D eigenvalue weighted by molar-refractivity contribution is 5.88. The Balaban J connectivity index is 2.05. The van der Waals surface area contributed by atoms with Crippen molar-refractivity contribution in [2.45, 2.75) is 25.7 Å². The van der Waals surface area contributed by atoms with Crippen LogP contribution < -0.4 is 10.8 Å². The lowest BCUT2D eigenvalue weighted by molar-refractivity contribution is -0.137. The summed E-state index contributed by atoms with van der Waals surface area (Å²) >= 11 is 0. The van der Waals surface area contributed by atoms with Crippen molar-refractivity contribution >= 4 is 17.7 Å². The van der Waals surface area contributed by atoms with Gasteiger partial charge in [0.25, 0.3) is 0 Å². The number of anilines is 1. The fourth-order valence-corrected chi connectivity index (χ4v) is 1.43. The van der Waals surface area contributed by atoms with Crippen LogP contribution in [0.2, 0.25) is 0 Å². The number of carbonyl (C=O) groups is 2. The average molecular weight is 284 g/mol. The number of halogens is 1. The van der Waals surface area contributed by atoms with E-state index in [1.165, 1.54) is 24.3 Å². The number of hydrogen-bond donors (Lipinski definition) is 3. The standard InChI is InChI=1S/C13H17FN2O4/c14-10-5-7-11(8-6-10)15-13(19)16-20-9-3-1-2-4-12(17)18/h5-8H,1-4,9H2,(H,17,18)(H2,15,16,19). The van der Waals surface area contributed by atoms with Crippen molar-refractivity contribution in [2.24, 2.45) is 0 Å². The maximum Gasteiger partial charge on any atom is 0.343 e. The summed E-state index contributed by atoms with van der Waals surface area (Å²) in [7, 11) is 0. The Hall–Kier alpha value is -2.15. The molecule has 0 aliphatic carbocycles. The molecule has 0 saturated heterocycles. The zero-order valence-corrected chi connectivity index (χ0v) is 10.9. The number of hydrogen-bond acceptors (Lipinski definition) is 3. The van der Waals surface area contributed by atoms with E-state index in [0.717, 1.165) is 0 Å². The van der Waals surface area contributed by atoms with Gasteiger partial charge in [-0.1, -0.05) is 6.42 Å². The third kappa shape index (κ3) is 7.32. The molecule has 0 heterocycles. The Morgan fingerprint density at radius 2 is 1.85 bits per heavy atom. The van der Waals surface area contributed by atoms with Gasteiger partial charge in [-0.25, -0.2) is 14.7 Å². The predicted octanol–water partition coefficient (Wildman–Crippen LogP) is 2.52. The van der Waals surface area contributed by atoms with Gasteiger partial charge in [0, 0.05) is 12.1 Å². The molecule has 0 fully saturated rings. The molecule has 1 aromatic carbocycles. The van der Waals surface area contributed by atoms with Crippen LogP contribution in [0.3, 0.4) is 0 Å². The Bertz CT molecular complexity index is 437. The number of benzene rings is 1. The molecule has 110 valence electrons. The number of unbranched alkanes of at least 4 members (excludes halogenated alkanes) is 2. The van der Waals surface area contributed by atoms with Gasteiger partial charge < -0.3 is 10.4 Å². The van der Waals surface area contributed by atoms with Gasteiger partial charge in [0.15, 0.2) is 0 Å². The van der Waals surface area contributed by atoms with Crippen molar-refractivity contribution in [1.82, 2.24) is 5.48 Å². The van der Waals surface area contributed by atoms with E-state index in [4.69, 9.17) is 9.94 Å². The van der Waals surface area contributed by atoms with E-state index in [0.29, 0.717) is 31.6 Å². The second-order valence-corrected chi connectivity index (χ2v) is 4.12. The van der Waals surface area contributed by atoms with E-state index in [1.54, 1.807) is 0 Å². The summed E-state index contributed by atoms with van der Waals surface area (Å²) in [6.45, 7) is 0.302. The van der Waals surface area contributed by atoms with Crippen molar-refractivity contribution < 1.29 is 23.9 Å². The highest BCUT2D eigenvalue weighted by Gasteiger charge is 2.01. The number of carbonyl (C=O) groups excluding carboxylic acids is 1. The normalized spacial score (nSPS) is 10.1. The lowest BCUT2D eigenvalue weighted by Crippen LogP contribution is -2.29. The predicted molar refractivity (Wildman–Crippen MR) is 70.6 cm³/mol. The third-order valence-electron chi connectivity index (χ3n) is 2.40. The van der Waals surface area contributed by atoms with Crippen molar-refractivity contribution in [3.63, 3.8) is 0 Å². The van der Waals surface area contributed by atoms with E-state index >= 15 is 0 Å². The van der Waals surface area contributed by atoms with Gasteiger partial charge in [0.2, 0.25) is 0 Å². The Kier molecular flexibility index (Phi) is 7.05. The van der Waals surface area contributed by atoms with Crippen molar-refractivity contribution in [3.8, 4) is 0 Å². The van der Waals surface area contributed by atoms with Gasteiger partial charge in [0.1, 0.15) is 5.82 Å². The van der Waals surface area contributed by atoms with Gasteiger partial charge in [0.05, 0.1) is 6.61 Å². The van der Waals surface area contributed by atoms with Gasteiger partial charge in [-0.05, 0) is 37.1 Å². The summed E-state index contributed by atoms with van der Waals surface area (Å²) < 4.78 is 12.6. The smallest absolute Gasteiger partial charge is 0.343 e. The molecule has 0 spiro atoms. The molecule has 6 nitrogen and oxygen atoms in total. The third-order valence-corrected chi connectivity index (χ3v) is 2.40. The Morgan fingerprint density at radius 1 is 1.15 bits per heavy atom. The lowest BCUT2D eigenvalue weighted by Gasteiger charge is -2.07. The van der Waals surface area contributed by atoms with Crippen LogP contribution in [0.5, 0.6) is 0 Å². The van der Waals surface area contributed by atoms with Crippen LogP contribution in [-0.4, -0.2) is 23.7 Å². The number of urea groups is 1. The number of aliphatic carboxylic acids is 1. The first kappa shape index (κ1) is 15.9. The first-order chi connectivity index (χ1) is 9.58. The quantitative estimate of drug-likeness (QED) is 0.505. The number of hydroxylamine groups is 1. The Morgan fingerprint density at radius 3 is 2.50 bits per heavy atom. The van der Waals surface area contributed by atoms with Crippen LogP contribution in [0.15, 0.2) is 24.3 Å². The average Bonchev–Trinajstić information content (AvgIpc) is 2.40. The van der Waals surface area contributed by atoms with Crippen LogP contribution >= 0.6 is 0 Å². The molecule has 7 heteroatoms. The van der Waals surface area contributed by atoms with Crippen molar-refractivity contribution in [3.05, 3.63) is 30.1 Å². The number of amides is 2. The molecule has 0 atom stereocenters. The first-order valence-electron chi connectivity index (χ1n) is 6.24. The fraction of sp³-hybridized carbons (Fsp3) is 0.385. The molecule has 0 unspecified atom stereocenters. The molecule has 0 radical (unpaired) electrons. The van der Waals surface area contributed by atoms with Crippen LogP contribution in [-0.2, 0) is 9.63 Å². The molecular weight excluding hydrogens is 267 g/mol. The van der Waals surface area contributed by atoms with E-state index in [2.05, 4.69) is 10.8 Å². The van der Waals surface area contributed by atoms with Gasteiger partial charge in [-0.2, -0.15) is 0 Å². The van der Waals surface area contributed by atoms with Crippen molar-refractivity contribution in [2.75, 3.05) is 11.9 Å². The van der Waals surface area contributed by atoms with Crippen LogP contribution in [0.25, 0.3) is 0 Å². The molecule has 1 rings (SSSR count). The summed E-state index contributed by atoms with van der Waals surface area (Å²) in [6.07, 6.45) is 2.09. The van der Waals surface area contributed by atoms with Crippen LogP contribution in [0.1, 0.15) is 25.7 Å². The molecule has 2 amide bonds. The molecule has 1 aromatic rings. The van der Waals surface area contributed by atoms with E-state index in [1.807, 2.05) is 0 Å². The summed E-state index contributed by atoms with van der Waals surface area (Å²) in [5, 5.41) is 10.9. The maximum atomic E-state index is 12.6. The fourth-order valence-electron chi connectivity index (χ4n) is 1.43. The lowest BCUT2D eigenvalue weighted by atomic mass is 10.2. The van der Waals surface area contributed by atoms with Gasteiger partial charge in [-0.3, -0.25) is 9.63 Å². The molecular formula is C13H17FN2O4. The first-order valence-corrected chi connectivity index (χ1v) is 6.24. The van der Waals surface area contributed by atoms with E-state index in [-0.39, 0.29) is 12.2 Å². The molecule has 3 N–H and O–H groups in total. The molecule has 0 saturated carbocycles. The maximum absolute atomic E-state index is 12.6. The highest BCUT2D eigenvalue weighted by atomic mass is 19.1. The van der Waals surface area contributed by atoms with Gasteiger partial charge >= 0.3 is 12.0 Å². The molecule has 0 bridgehead atoms. The zero-order valence-electron chi connectivity index (χ0n) is 10.9. The highest BCUT2D eigenvalue weighted by Crippen LogP contribution is 2.07. The largest absolute Gasteiger partial charge is 0.481 e. The number of rotatable bonds is 8. The SMILES string of the molecule is O=C(O)CCCCCONC(=O)Nc1ccc(F)cc1. The minimum atomic E-state index is -0.817. The van der Waals surface area contributed by atoms with Gasteiger partial charge in [-0.15, -0.1) is 0 Å². The number of carboxylic acid groups (broad SMARTS) is 1. The second-order valence-electron chi connectivity index (χ2n) is 4.12. The number of nitrogens with one attached hydrogen (secondary N) is 2. The minimum Gasteiger partial charge on any atom is -0.481 e. The van der Waals surface area contributed by atoms with Crippen LogP contribution in [0.4, 0.5) is 14.9 Å². The monoisotopic (exact) mass is 284 g/mol. The van der Waals surface area contributed by atoms with E-state index in [9.17, 15) is 14.0 Å². The molecule has 0 aliphatic heterocycles. The minimum absolute atomic E-state index is 0.137. The van der Waals surface area contributed by atoms with Crippen LogP contribution in [0, 0.1) is 5.82 Å². The molecule has 0 aromatic heterocycles. The molecule has 0 aliphatic rings. The number of carboxylic acids is 1. The Labute approximate surface area is 115 Å². The summed E-state index contributed by atoms with van der Waals surface area (Å²) in [6, 6.07) is 4.78. The zero-order chi connectivity index (χ0) is 14.8. The summed E-state index contributed by atoms with van der Waals surface area (Å²) in [5.74, 6) is -1.20. The summed E-state index contributed by atoms with van der Waals surface area (Å²) in [4.78, 5) is 26.5. The second kappa shape index (κ2) is 8.87. The topological polar surface area (TPSA) is 87.7 Å². The van der Waals surface area contributed by atoms with E-state index < -0.39 is 12.0 Å².